The molecule has 0 amide bonds. The van der Waals surface area contributed by atoms with E-state index in [0.717, 1.165) is 66.8 Å². The highest BCUT2D eigenvalue weighted by atomic mass is 19.1. The van der Waals surface area contributed by atoms with Gasteiger partial charge in [0.05, 0.1) is 11.6 Å². The van der Waals surface area contributed by atoms with E-state index in [1.165, 1.54) is 6.07 Å². The van der Waals surface area contributed by atoms with E-state index in [9.17, 15) is 5.26 Å². The molecule has 6 heteroatoms. The van der Waals surface area contributed by atoms with Crippen molar-refractivity contribution >= 4 is 0 Å². The lowest BCUT2D eigenvalue weighted by atomic mass is 9.75. The van der Waals surface area contributed by atoms with E-state index in [4.69, 9.17) is 19.7 Å². The molecule has 0 atom stereocenters. The van der Waals surface area contributed by atoms with Crippen LogP contribution >= 0.6 is 0 Å². The van der Waals surface area contributed by atoms with Crippen molar-refractivity contribution in [2.45, 2.75) is 5.60 Å². The number of hydrogen-bond acceptors (Lipinski definition) is 5. The largest absolute Gasteiger partial charge is 0.472 e. The molecule has 5 nitrogen and oxygen atoms in total. The number of benzene rings is 9. The van der Waals surface area contributed by atoms with Gasteiger partial charge in [-0.15, -0.1) is 0 Å². The minimum atomic E-state index is -0.942. The third-order valence-corrected chi connectivity index (χ3v) is 12.0. The number of fused-ring (bicyclic) bond motifs is 3. The van der Waals surface area contributed by atoms with Gasteiger partial charge in [-0.25, -0.2) is 19.3 Å². The van der Waals surface area contributed by atoms with Crippen molar-refractivity contribution in [2.75, 3.05) is 0 Å². The fourth-order valence-corrected chi connectivity index (χ4v) is 8.96. The van der Waals surface area contributed by atoms with Gasteiger partial charge in [-0.3, -0.25) is 0 Å². The Bertz CT molecular complexity index is 3380. The molecule has 11 rings (SSSR count). The van der Waals surface area contributed by atoms with Gasteiger partial charge in [0.25, 0.3) is 0 Å². The zero-order valence-corrected chi connectivity index (χ0v) is 34.9. The predicted molar refractivity (Wildman–Crippen MR) is 256 cm³/mol. The van der Waals surface area contributed by atoms with Crippen LogP contribution in [0.25, 0.3) is 78.7 Å². The summed E-state index contributed by atoms with van der Waals surface area (Å²) >= 11 is 0. The highest BCUT2D eigenvalue weighted by Gasteiger charge is 2.44. The molecule has 65 heavy (non-hydrogen) atoms. The SMILES string of the molecule is N#Cc1ccc(-c2cccc(-c3nc(-c4cc(F)cc(-c5ccc6c(c5)OC(c5ccccc5)(c5ccccc5)c5ccccc5-6)c4)nc(-c4ccccc4-c4ccccc4)n3)c2)cc1. The van der Waals surface area contributed by atoms with Crippen LogP contribution in [-0.4, -0.2) is 15.0 Å². The van der Waals surface area contributed by atoms with Gasteiger partial charge < -0.3 is 4.74 Å². The van der Waals surface area contributed by atoms with Crippen LogP contribution in [0.15, 0.2) is 224 Å². The summed E-state index contributed by atoms with van der Waals surface area (Å²) in [5, 5.41) is 9.40. The lowest BCUT2D eigenvalue weighted by Crippen LogP contribution is -2.38. The lowest BCUT2D eigenvalue weighted by molar-refractivity contribution is 0.152. The van der Waals surface area contributed by atoms with E-state index in [0.29, 0.717) is 39.9 Å². The Morgan fingerprint density at radius 3 is 1.62 bits per heavy atom. The van der Waals surface area contributed by atoms with E-state index >= 15 is 4.39 Å². The van der Waals surface area contributed by atoms with Crippen molar-refractivity contribution < 1.29 is 9.13 Å². The van der Waals surface area contributed by atoms with Crippen molar-refractivity contribution in [2.24, 2.45) is 0 Å². The Kier molecular flexibility index (Phi) is 9.91. The number of ether oxygens (including phenoxy) is 1. The van der Waals surface area contributed by atoms with Crippen LogP contribution < -0.4 is 4.74 Å². The number of nitriles is 1. The number of aromatic nitrogens is 3. The topological polar surface area (TPSA) is 71.7 Å². The van der Waals surface area contributed by atoms with E-state index in [1.807, 2.05) is 127 Å². The molecule has 0 N–H and O–H groups in total. The third kappa shape index (κ3) is 7.21. The molecule has 0 saturated heterocycles. The first-order valence-electron chi connectivity index (χ1n) is 21.4. The summed E-state index contributed by atoms with van der Waals surface area (Å²) in [6, 6.07) is 75.8. The van der Waals surface area contributed by atoms with Gasteiger partial charge in [0, 0.05) is 38.9 Å². The maximum atomic E-state index is 16.2. The summed E-state index contributed by atoms with van der Waals surface area (Å²) in [5.74, 6) is 1.48. The zero-order chi connectivity index (χ0) is 43.7. The van der Waals surface area contributed by atoms with E-state index in [-0.39, 0.29) is 0 Å². The van der Waals surface area contributed by atoms with Crippen LogP contribution in [0.4, 0.5) is 4.39 Å². The molecule has 10 aromatic rings. The first-order chi connectivity index (χ1) is 32.0. The first kappa shape index (κ1) is 39.1. The molecule has 0 fully saturated rings. The van der Waals surface area contributed by atoms with Gasteiger partial charge in [0.2, 0.25) is 0 Å². The molecule has 1 aliphatic rings. The second-order valence-corrected chi connectivity index (χ2v) is 16.0. The van der Waals surface area contributed by atoms with Gasteiger partial charge in [-0.1, -0.05) is 182 Å². The summed E-state index contributed by atoms with van der Waals surface area (Å²) in [6.45, 7) is 0. The van der Waals surface area contributed by atoms with Crippen LogP contribution in [0.2, 0.25) is 0 Å². The predicted octanol–water partition coefficient (Wildman–Crippen LogP) is 14.2. The Morgan fingerprint density at radius 2 is 0.908 bits per heavy atom. The Morgan fingerprint density at radius 1 is 0.385 bits per heavy atom. The molecule has 0 bridgehead atoms. The second kappa shape index (κ2) is 16.5. The van der Waals surface area contributed by atoms with E-state index in [2.05, 4.69) is 78.9 Å². The average molecular weight is 837 g/mol. The quantitative estimate of drug-likeness (QED) is 0.152. The number of halogens is 1. The van der Waals surface area contributed by atoms with Crippen molar-refractivity contribution in [3.63, 3.8) is 0 Å². The molecule has 1 aromatic heterocycles. The molecule has 2 heterocycles. The van der Waals surface area contributed by atoms with Crippen molar-refractivity contribution in [3.8, 4) is 90.5 Å². The first-order valence-corrected chi connectivity index (χ1v) is 21.4. The highest BCUT2D eigenvalue weighted by Crippen LogP contribution is 2.52. The van der Waals surface area contributed by atoms with Gasteiger partial charge >= 0.3 is 0 Å². The van der Waals surface area contributed by atoms with Gasteiger partial charge in [0.1, 0.15) is 11.6 Å². The van der Waals surface area contributed by atoms with Crippen LogP contribution in [0.3, 0.4) is 0 Å². The standard InChI is InChI=1S/C59H37FN4O/c60-49-35-45(43-31-32-52-51-24-12-13-26-54(51)59(65-55(52)37-43,47-19-6-2-7-20-47)48-21-8-3-9-22-48)34-46(36-49)57-62-56(44-18-14-17-42(33-44)40-29-27-39(38-61)28-30-40)63-58(64-57)53-25-11-10-23-50(53)41-15-4-1-5-16-41/h1-37H. The normalized spacial score (nSPS) is 12.3. The number of hydrogen-bond donors (Lipinski definition) is 0. The maximum absolute atomic E-state index is 16.2. The Balaban J connectivity index is 1.06. The summed E-state index contributed by atoms with van der Waals surface area (Å²) in [4.78, 5) is 15.3. The Labute approximate surface area is 376 Å². The molecular formula is C59H37FN4O. The highest BCUT2D eigenvalue weighted by molar-refractivity contribution is 5.85. The number of rotatable bonds is 8. The van der Waals surface area contributed by atoms with Gasteiger partial charge in [0.15, 0.2) is 23.1 Å². The molecule has 0 radical (unpaired) electrons. The average Bonchev–Trinajstić information content (AvgIpc) is 3.38. The van der Waals surface area contributed by atoms with Crippen LogP contribution in [0.5, 0.6) is 5.75 Å². The minimum Gasteiger partial charge on any atom is -0.472 e. The molecule has 0 saturated carbocycles. The summed E-state index contributed by atoms with van der Waals surface area (Å²) in [5.41, 5.74) is 12.1. The van der Waals surface area contributed by atoms with Crippen molar-refractivity contribution in [1.29, 1.82) is 5.26 Å². The maximum Gasteiger partial charge on any atom is 0.185 e. The van der Waals surface area contributed by atoms with Gasteiger partial charge in [-0.05, 0) is 81.4 Å². The number of nitrogens with zero attached hydrogens (tertiary/aromatic N) is 4. The fraction of sp³-hybridized carbons (Fsp3) is 0.0169. The van der Waals surface area contributed by atoms with Crippen molar-refractivity contribution in [1.82, 2.24) is 15.0 Å². The van der Waals surface area contributed by atoms with Crippen LogP contribution in [0.1, 0.15) is 22.3 Å². The molecule has 1 aliphatic heterocycles. The van der Waals surface area contributed by atoms with E-state index < -0.39 is 11.4 Å². The van der Waals surface area contributed by atoms with Crippen LogP contribution in [0, 0.1) is 17.1 Å². The summed E-state index contributed by atoms with van der Waals surface area (Å²) in [6.07, 6.45) is 0. The molecule has 306 valence electrons. The van der Waals surface area contributed by atoms with Gasteiger partial charge in [-0.2, -0.15) is 5.26 Å². The zero-order valence-electron chi connectivity index (χ0n) is 34.9. The molecule has 0 unspecified atom stereocenters. The summed E-state index contributed by atoms with van der Waals surface area (Å²) < 4.78 is 23.5. The fourth-order valence-electron chi connectivity index (χ4n) is 8.96. The molecule has 0 aliphatic carbocycles. The van der Waals surface area contributed by atoms with E-state index in [1.54, 1.807) is 18.2 Å². The lowest BCUT2D eigenvalue weighted by Gasteiger charge is -2.41. The van der Waals surface area contributed by atoms with Crippen molar-refractivity contribution in [3.05, 3.63) is 253 Å². The molecule has 9 aromatic carbocycles. The summed E-state index contributed by atoms with van der Waals surface area (Å²) in [7, 11) is 0. The second-order valence-electron chi connectivity index (χ2n) is 16.0. The minimum absolute atomic E-state index is 0.327. The van der Waals surface area contributed by atoms with Crippen LogP contribution in [-0.2, 0) is 5.60 Å². The molecule has 0 spiro atoms. The Hall–Kier alpha value is -8.79. The molecular weight excluding hydrogens is 800 g/mol. The monoisotopic (exact) mass is 836 g/mol. The third-order valence-electron chi connectivity index (χ3n) is 12.0. The smallest absolute Gasteiger partial charge is 0.185 e.